The number of Topliss-reactive ketones (excluding diaryl/α,β-unsaturated/α-hetero) is 1. The Morgan fingerprint density at radius 2 is 1.55 bits per heavy atom. The Hall–Kier alpha value is -5.80. The number of alkyl carbamates (subject to hydrolysis) is 1. The molecule has 3 aromatic carbocycles. The molecule has 5 rings (SSSR count). The smallest absolute Gasteiger partial charge is 0.410 e. The lowest BCUT2D eigenvalue weighted by molar-refractivity contribution is -0.132. The molecule has 0 spiro atoms. The second kappa shape index (κ2) is 18.7. The third kappa shape index (κ3) is 10.3. The number of carbonyl (C=O) groups is 5. The molecular weight excluding hydrogens is 725 g/mol. The van der Waals surface area contributed by atoms with Crippen molar-refractivity contribution in [3.63, 3.8) is 0 Å². The highest BCUT2D eigenvalue weighted by Crippen LogP contribution is 2.34. The van der Waals surface area contributed by atoms with Crippen molar-refractivity contribution in [1.82, 2.24) is 15.5 Å². The van der Waals surface area contributed by atoms with Crippen LogP contribution in [0.5, 0.6) is 0 Å². The zero-order valence-electron chi connectivity index (χ0n) is 31.8. The number of anilines is 2. The second-order valence-corrected chi connectivity index (χ2v) is 14.3. The van der Waals surface area contributed by atoms with Crippen LogP contribution in [0, 0.1) is 17.7 Å². The van der Waals surface area contributed by atoms with Crippen molar-refractivity contribution in [3.05, 3.63) is 106 Å². The number of fused-ring (bicyclic) bond motifs is 1. The predicted molar refractivity (Wildman–Crippen MR) is 205 cm³/mol. The molecule has 1 heterocycles. The van der Waals surface area contributed by atoms with E-state index < -0.39 is 59.4 Å². The van der Waals surface area contributed by atoms with Gasteiger partial charge in [-0.1, -0.05) is 63.2 Å². The number of benzene rings is 3. The van der Waals surface area contributed by atoms with Gasteiger partial charge in [-0.15, -0.1) is 0 Å². The summed E-state index contributed by atoms with van der Waals surface area (Å²) in [5, 5.41) is 28.9. The summed E-state index contributed by atoms with van der Waals surface area (Å²) >= 11 is 0. The summed E-state index contributed by atoms with van der Waals surface area (Å²) in [6.45, 7) is 6.62. The average molecular weight is 774 g/mol. The number of carbonyl (C=O) groups excluding carboxylic acids is 4. The molecule has 4 atom stereocenters. The lowest BCUT2D eigenvalue weighted by Gasteiger charge is -2.36. The number of aliphatic hydroxyl groups is 1. The number of nitrogens with zero attached hydrogens (tertiary/aromatic N) is 2. The Morgan fingerprint density at radius 3 is 2.18 bits per heavy atom. The van der Waals surface area contributed by atoms with Crippen LogP contribution >= 0.6 is 0 Å². The minimum Gasteiger partial charge on any atom is -0.478 e. The quantitative estimate of drug-likeness (QED) is 0.138. The van der Waals surface area contributed by atoms with Gasteiger partial charge in [-0.05, 0) is 66.4 Å². The number of aliphatic carboxylic acids is 1. The third-order valence-corrected chi connectivity index (χ3v) is 9.95. The summed E-state index contributed by atoms with van der Waals surface area (Å²) in [5.41, 5.74) is 2.35. The van der Waals surface area contributed by atoms with Crippen molar-refractivity contribution in [3.8, 4) is 0 Å². The van der Waals surface area contributed by atoms with Gasteiger partial charge in [0.25, 0.3) is 0 Å². The summed E-state index contributed by atoms with van der Waals surface area (Å²) in [4.78, 5) is 65.9. The van der Waals surface area contributed by atoms with E-state index in [0.29, 0.717) is 29.9 Å². The van der Waals surface area contributed by atoms with Crippen molar-refractivity contribution >= 4 is 41.2 Å². The van der Waals surface area contributed by atoms with E-state index >= 15 is 4.39 Å². The monoisotopic (exact) mass is 773 g/mol. The standard InChI is InChI=1S/C41H48FN5O9/c1-24(2)36(45-40(53)55-22-26-8-6-5-7-9-26)35(48)18-25(3)38(50)44-28-12-10-27(11-13-28)23-56-41(54)47-16-14-46(15-17-47)34-21-29-30(19-32(34)42)37(49)31(39(51)52)20-33(29)43-4/h5-13,19-21,24-25,33,35-36,43,48H,14-18,22-23H2,1-4H3,(H,44,50)(H,45,53)(H,51,52)/t25-,33?,35?,36+/m1/s1. The van der Waals surface area contributed by atoms with E-state index in [4.69, 9.17) is 9.47 Å². The van der Waals surface area contributed by atoms with Crippen molar-refractivity contribution in [2.75, 3.05) is 43.4 Å². The zero-order chi connectivity index (χ0) is 40.5. The highest BCUT2D eigenvalue weighted by atomic mass is 19.1. The van der Waals surface area contributed by atoms with Gasteiger partial charge >= 0.3 is 18.2 Å². The summed E-state index contributed by atoms with van der Waals surface area (Å²) in [6.07, 6.45) is -0.776. The first-order valence-electron chi connectivity index (χ1n) is 18.5. The van der Waals surface area contributed by atoms with E-state index in [1.807, 2.05) is 44.2 Å². The van der Waals surface area contributed by atoms with Crippen LogP contribution < -0.4 is 20.9 Å². The third-order valence-electron chi connectivity index (χ3n) is 9.95. The molecule has 298 valence electrons. The Bertz CT molecular complexity index is 1930. The van der Waals surface area contributed by atoms with Crippen LogP contribution in [0.1, 0.15) is 60.3 Å². The number of hydrogen-bond acceptors (Lipinski definition) is 10. The number of ether oxygens (including phenoxy) is 2. The molecule has 2 unspecified atom stereocenters. The van der Waals surface area contributed by atoms with Crippen LogP contribution in [0.3, 0.4) is 0 Å². The molecule has 3 amide bonds. The van der Waals surface area contributed by atoms with Crippen LogP contribution in [0.4, 0.5) is 25.4 Å². The molecule has 0 radical (unpaired) electrons. The minimum absolute atomic E-state index is 0.00214. The first-order chi connectivity index (χ1) is 26.7. The number of rotatable bonds is 14. The summed E-state index contributed by atoms with van der Waals surface area (Å²) in [6, 6.07) is 17.5. The largest absolute Gasteiger partial charge is 0.478 e. The molecule has 0 saturated carbocycles. The molecule has 1 aliphatic carbocycles. The van der Waals surface area contributed by atoms with Gasteiger partial charge in [-0.3, -0.25) is 9.59 Å². The lowest BCUT2D eigenvalue weighted by atomic mass is 9.86. The molecule has 5 N–H and O–H groups in total. The summed E-state index contributed by atoms with van der Waals surface area (Å²) < 4.78 is 26.1. The fourth-order valence-electron chi connectivity index (χ4n) is 6.70. The highest BCUT2D eigenvalue weighted by Gasteiger charge is 2.33. The highest BCUT2D eigenvalue weighted by molar-refractivity contribution is 6.25. The van der Waals surface area contributed by atoms with Gasteiger partial charge in [0, 0.05) is 43.3 Å². The lowest BCUT2D eigenvalue weighted by Crippen LogP contribution is -2.49. The van der Waals surface area contributed by atoms with Crippen LogP contribution in [-0.4, -0.2) is 90.3 Å². The number of amides is 3. The van der Waals surface area contributed by atoms with E-state index in [2.05, 4.69) is 16.0 Å². The molecule has 3 aromatic rings. The van der Waals surface area contributed by atoms with Crippen LogP contribution in [0.25, 0.3) is 0 Å². The number of halogens is 1. The molecule has 1 fully saturated rings. The molecule has 2 aliphatic rings. The Balaban J connectivity index is 1.06. The first kappa shape index (κ1) is 41.4. The maximum absolute atomic E-state index is 15.3. The molecule has 56 heavy (non-hydrogen) atoms. The van der Waals surface area contributed by atoms with Crippen molar-refractivity contribution in [2.24, 2.45) is 11.8 Å². The maximum Gasteiger partial charge on any atom is 0.410 e. The van der Waals surface area contributed by atoms with Gasteiger partial charge in [0.2, 0.25) is 11.7 Å². The number of carboxylic acid groups (broad SMARTS) is 1. The van der Waals surface area contributed by atoms with E-state index in [0.717, 1.165) is 11.6 Å². The molecular formula is C41H48FN5O9. The van der Waals surface area contributed by atoms with Gasteiger partial charge in [-0.2, -0.15) is 0 Å². The molecule has 15 heteroatoms. The fraction of sp³-hybridized carbons (Fsp3) is 0.390. The maximum atomic E-state index is 15.3. The number of aliphatic hydroxyl groups excluding tert-OH is 1. The summed E-state index contributed by atoms with van der Waals surface area (Å²) in [5.74, 6) is -3.81. The van der Waals surface area contributed by atoms with Crippen LogP contribution in [0.2, 0.25) is 0 Å². The van der Waals surface area contributed by atoms with E-state index in [1.54, 1.807) is 49.2 Å². The van der Waals surface area contributed by atoms with E-state index in [9.17, 15) is 34.2 Å². The number of hydrogen-bond donors (Lipinski definition) is 5. The molecule has 0 bridgehead atoms. The SMILES string of the molecule is CNC1C=C(C(=O)O)C(=O)c2cc(F)c(N3CCN(C(=O)OCc4ccc(NC(=O)[C@H](C)CC(O)[C@@H](NC(=O)OCc5ccccc5)C(C)C)cc4)CC3)cc21. The Labute approximate surface area is 324 Å². The van der Waals surface area contributed by atoms with Gasteiger partial charge in [0.1, 0.15) is 24.6 Å². The molecule has 0 aromatic heterocycles. The number of nitrogens with one attached hydrogen (secondary N) is 3. The molecule has 1 saturated heterocycles. The van der Waals surface area contributed by atoms with Crippen molar-refractivity contribution in [2.45, 2.75) is 58.6 Å². The Morgan fingerprint density at radius 1 is 0.911 bits per heavy atom. The normalized spacial score (nSPS) is 16.9. The van der Waals surface area contributed by atoms with Crippen molar-refractivity contribution in [1.29, 1.82) is 0 Å². The van der Waals surface area contributed by atoms with E-state index in [-0.39, 0.29) is 55.8 Å². The molecule has 1 aliphatic heterocycles. The number of carboxylic acids is 1. The van der Waals surface area contributed by atoms with Gasteiger partial charge in [0.15, 0.2) is 0 Å². The van der Waals surface area contributed by atoms with Gasteiger partial charge in [0.05, 0.1) is 23.9 Å². The zero-order valence-corrected chi connectivity index (χ0v) is 31.8. The van der Waals surface area contributed by atoms with Gasteiger partial charge in [-0.25, -0.2) is 18.8 Å². The number of piperazine rings is 1. The van der Waals surface area contributed by atoms with Crippen LogP contribution in [0.15, 0.2) is 78.4 Å². The van der Waals surface area contributed by atoms with Gasteiger partial charge < -0.3 is 45.4 Å². The van der Waals surface area contributed by atoms with Crippen molar-refractivity contribution < 1.29 is 48.0 Å². The Kier molecular flexibility index (Phi) is 13.8. The first-order valence-corrected chi connectivity index (χ1v) is 18.5. The predicted octanol–water partition coefficient (Wildman–Crippen LogP) is 5.03. The average Bonchev–Trinajstić information content (AvgIpc) is 3.19. The number of ketones is 1. The minimum atomic E-state index is -1.37. The van der Waals surface area contributed by atoms with E-state index in [1.165, 1.54) is 11.0 Å². The summed E-state index contributed by atoms with van der Waals surface area (Å²) in [7, 11) is 1.62. The second-order valence-electron chi connectivity index (χ2n) is 14.3. The topological polar surface area (TPSA) is 187 Å². The van der Waals surface area contributed by atoms with Crippen LogP contribution in [-0.2, 0) is 32.3 Å². The molecule has 14 nitrogen and oxygen atoms in total. The number of likely N-dealkylation sites (N-methyl/N-ethyl adjacent to an activating group) is 1. The fourth-order valence-corrected chi connectivity index (χ4v) is 6.70.